The van der Waals surface area contributed by atoms with Crippen LogP contribution in [0.4, 0.5) is 0 Å². The topological polar surface area (TPSA) is 29.5 Å². The molecular weight excluding hydrogens is 238 g/mol. The fourth-order valence-corrected chi connectivity index (χ4v) is 2.59. The maximum atomic E-state index is 11.9. The van der Waals surface area contributed by atoms with Gasteiger partial charge in [-0.2, -0.15) is 0 Å². The van der Waals surface area contributed by atoms with Crippen LogP contribution in [0.2, 0.25) is 5.02 Å². The van der Waals surface area contributed by atoms with Crippen molar-refractivity contribution in [3.8, 4) is 0 Å². The molecule has 1 saturated carbocycles. The Morgan fingerprint density at radius 2 is 2.24 bits per heavy atom. The summed E-state index contributed by atoms with van der Waals surface area (Å²) in [4.78, 5) is 16.8. The summed E-state index contributed by atoms with van der Waals surface area (Å²) in [5.74, 6) is 0.282. The Morgan fingerprint density at radius 3 is 2.82 bits per heavy atom. The minimum absolute atomic E-state index is 0.0125. The summed E-state index contributed by atoms with van der Waals surface area (Å²) in [5.41, 5.74) is 2.26. The Hall–Kier alpha value is -1.06. The maximum Gasteiger partial charge on any atom is 0.249 e. The average molecular weight is 254 g/mol. The molecule has 0 spiro atoms. The van der Waals surface area contributed by atoms with Gasteiger partial charge >= 0.3 is 0 Å². The molecule has 2 atom stereocenters. The predicted molar refractivity (Wildman–Crippen MR) is 66.8 cm³/mol. The highest BCUT2D eigenvalue weighted by molar-refractivity contribution is 6.31. The molecule has 0 aliphatic heterocycles. The van der Waals surface area contributed by atoms with Gasteiger partial charge in [0, 0.05) is 18.0 Å². The molecule has 2 rings (SSSR count). The molecule has 1 aliphatic rings. The summed E-state index contributed by atoms with van der Waals surface area (Å²) in [7, 11) is 3.13. The number of hydrogen-bond donors (Lipinski definition) is 0. The van der Waals surface area contributed by atoms with Crippen molar-refractivity contribution < 1.29 is 9.63 Å². The number of hydrogen-bond acceptors (Lipinski definition) is 2. The number of hydroxylamine groups is 2. The first-order valence-electron chi connectivity index (χ1n) is 5.63. The number of benzene rings is 1. The molecule has 2 unspecified atom stereocenters. The van der Waals surface area contributed by atoms with Crippen LogP contribution in [0, 0.1) is 12.8 Å². The highest BCUT2D eigenvalue weighted by atomic mass is 35.5. The largest absolute Gasteiger partial charge is 0.275 e. The van der Waals surface area contributed by atoms with Gasteiger partial charge in [-0.3, -0.25) is 9.63 Å². The molecule has 1 aromatic rings. The molecule has 1 amide bonds. The first-order valence-corrected chi connectivity index (χ1v) is 6.00. The number of rotatable bonds is 3. The molecule has 0 aromatic heterocycles. The minimum atomic E-state index is 0.0125. The smallest absolute Gasteiger partial charge is 0.249 e. The molecule has 1 fully saturated rings. The van der Waals surface area contributed by atoms with Gasteiger partial charge in [-0.15, -0.1) is 0 Å². The number of halogens is 1. The van der Waals surface area contributed by atoms with E-state index >= 15 is 0 Å². The van der Waals surface area contributed by atoms with E-state index in [2.05, 4.69) is 0 Å². The highest BCUT2D eigenvalue weighted by Crippen LogP contribution is 2.51. The number of carbonyl (C=O) groups is 1. The molecular formula is C13H16ClNO2. The Bertz CT molecular complexity index is 427. The van der Waals surface area contributed by atoms with Gasteiger partial charge in [-0.1, -0.05) is 23.7 Å². The summed E-state index contributed by atoms with van der Waals surface area (Å²) in [6, 6.07) is 5.84. The minimum Gasteiger partial charge on any atom is -0.275 e. The van der Waals surface area contributed by atoms with Crippen molar-refractivity contribution in [1.82, 2.24) is 5.06 Å². The first-order chi connectivity index (χ1) is 8.06. The standard InChI is InChI=1S/C13H16ClNO2/c1-8-5-4-6-11(14)12(8)9-7-10(9)13(16)15(2)17-3/h4-6,9-10H,7H2,1-3H3. The van der Waals surface area contributed by atoms with E-state index in [1.54, 1.807) is 7.05 Å². The van der Waals surface area contributed by atoms with Crippen LogP contribution in [0.25, 0.3) is 0 Å². The summed E-state index contributed by atoms with van der Waals surface area (Å²) in [6.07, 6.45) is 0.858. The number of nitrogens with zero attached hydrogens (tertiary/aromatic N) is 1. The van der Waals surface area contributed by atoms with E-state index in [4.69, 9.17) is 16.4 Å². The fraction of sp³-hybridized carbons (Fsp3) is 0.462. The number of amides is 1. The molecule has 92 valence electrons. The van der Waals surface area contributed by atoms with Crippen LogP contribution in [0.3, 0.4) is 0 Å². The van der Waals surface area contributed by atoms with E-state index in [0.717, 1.165) is 22.6 Å². The van der Waals surface area contributed by atoms with Crippen LogP contribution in [0.5, 0.6) is 0 Å². The molecule has 0 N–H and O–H groups in total. The number of aryl methyl sites for hydroxylation is 1. The Balaban J connectivity index is 2.16. The summed E-state index contributed by atoms with van der Waals surface area (Å²) < 4.78 is 0. The van der Waals surface area contributed by atoms with Crippen molar-refractivity contribution in [1.29, 1.82) is 0 Å². The third-order valence-corrected chi connectivity index (χ3v) is 3.66. The zero-order valence-electron chi connectivity index (χ0n) is 10.2. The fourth-order valence-electron chi connectivity index (χ4n) is 2.22. The first kappa shape index (κ1) is 12.4. The van der Waals surface area contributed by atoms with Crippen molar-refractivity contribution in [3.05, 3.63) is 34.3 Å². The summed E-state index contributed by atoms with van der Waals surface area (Å²) in [5, 5.41) is 2.04. The summed E-state index contributed by atoms with van der Waals surface area (Å²) >= 11 is 6.19. The normalized spacial score (nSPS) is 22.4. The molecule has 0 bridgehead atoms. The molecule has 1 aliphatic carbocycles. The van der Waals surface area contributed by atoms with E-state index in [1.807, 2.05) is 25.1 Å². The second kappa shape index (κ2) is 4.67. The number of carbonyl (C=O) groups excluding carboxylic acids is 1. The lowest BCUT2D eigenvalue weighted by Crippen LogP contribution is -2.27. The van der Waals surface area contributed by atoms with Crippen molar-refractivity contribution in [2.75, 3.05) is 14.2 Å². The van der Waals surface area contributed by atoms with Crippen molar-refractivity contribution in [3.63, 3.8) is 0 Å². The van der Waals surface area contributed by atoms with Crippen molar-refractivity contribution in [2.24, 2.45) is 5.92 Å². The molecule has 3 nitrogen and oxygen atoms in total. The third-order valence-electron chi connectivity index (χ3n) is 3.33. The second-order valence-corrected chi connectivity index (χ2v) is 4.84. The van der Waals surface area contributed by atoms with E-state index < -0.39 is 0 Å². The van der Waals surface area contributed by atoms with Crippen molar-refractivity contribution in [2.45, 2.75) is 19.3 Å². The lowest BCUT2D eigenvalue weighted by molar-refractivity contribution is -0.170. The monoisotopic (exact) mass is 253 g/mol. The highest BCUT2D eigenvalue weighted by Gasteiger charge is 2.46. The molecule has 4 heteroatoms. The zero-order chi connectivity index (χ0) is 12.6. The van der Waals surface area contributed by atoms with Gasteiger partial charge in [0.2, 0.25) is 5.91 Å². The van der Waals surface area contributed by atoms with Crippen LogP contribution in [0.15, 0.2) is 18.2 Å². The van der Waals surface area contributed by atoms with Gasteiger partial charge in [0.15, 0.2) is 0 Å². The average Bonchev–Trinajstić information content (AvgIpc) is 3.07. The van der Waals surface area contributed by atoms with Gasteiger partial charge in [0.05, 0.1) is 7.11 Å². The SMILES string of the molecule is CON(C)C(=O)C1CC1c1c(C)cccc1Cl. The van der Waals surface area contributed by atoms with Crippen LogP contribution < -0.4 is 0 Å². The van der Waals surface area contributed by atoms with Gasteiger partial charge in [0.1, 0.15) is 0 Å². The predicted octanol–water partition coefficient (Wildman–Crippen LogP) is 2.77. The Morgan fingerprint density at radius 1 is 1.53 bits per heavy atom. The van der Waals surface area contributed by atoms with Gasteiger partial charge < -0.3 is 0 Å². The van der Waals surface area contributed by atoms with Crippen molar-refractivity contribution >= 4 is 17.5 Å². The molecule has 0 saturated heterocycles. The van der Waals surface area contributed by atoms with Gasteiger partial charge in [-0.25, -0.2) is 5.06 Å². The lowest BCUT2D eigenvalue weighted by atomic mass is 10.0. The van der Waals surface area contributed by atoms with Crippen LogP contribution in [0.1, 0.15) is 23.5 Å². The van der Waals surface area contributed by atoms with E-state index in [-0.39, 0.29) is 17.7 Å². The zero-order valence-corrected chi connectivity index (χ0v) is 11.0. The molecule has 1 aromatic carbocycles. The lowest BCUT2D eigenvalue weighted by Gasteiger charge is -2.14. The van der Waals surface area contributed by atoms with Gasteiger partial charge in [-0.05, 0) is 36.5 Å². The summed E-state index contributed by atoms with van der Waals surface area (Å²) in [6.45, 7) is 2.03. The molecule has 0 radical (unpaired) electrons. The van der Waals surface area contributed by atoms with Crippen LogP contribution >= 0.6 is 11.6 Å². The second-order valence-electron chi connectivity index (χ2n) is 4.44. The quantitative estimate of drug-likeness (QED) is 0.776. The van der Waals surface area contributed by atoms with Crippen LogP contribution in [-0.4, -0.2) is 25.1 Å². The molecule has 0 heterocycles. The van der Waals surface area contributed by atoms with E-state index in [0.29, 0.717) is 0 Å². The Labute approximate surface area is 106 Å². The maximum absolute atomic E-state index is 11.9. The van der Waals surface area contributed by atoms with Crippen LogP contribution in [-0.2, 0) is 9.63 Å². The van der Waals surface area contributed by atoms with E-state index in [1.165, 1.54) is 12.2 Å². The third kappa shape index (κ3) is 2.31. The molecule has 17 heavy (non-hydrogen) atoms. The van der Waals surface area contributed by atoms with E-state index in [9.17, 15) is 4.79 Å². The van der Waals surface area contributed by atoms with Gasteiger partial charge in [0.25, 0.3) is 0 Å². The Kier molecular flexibility index (Phi) is 3.40.